The minimum Gasteiger partial charge on any atom is -1.00 e. The maximum absolute atomic E-state index is 2.53. The molecule has 0 heterocycles. The van der Waals surface area contributed by atoms with Crippen LogP contribution in [0.1, 0.15) is 114 Å². The molecule has 0 amide bonds. The van der Waals surface area contributed by atoms with E-state index in [0.29, 0.717) is 5.92 Å². The zero-order valence-corrected chi connectivity index (χ0v) is 21.4. The van der Waals surface area contributed by atoms with Crippen molar-refractivity contribution >= 4 is 0 Å². The molecular formula is C30H48ClN. The summed E-state index contributed by atoms with van der Waals surface area (Å²) in [5.74, 6) is 0.494. The Morgan fingerprint density at radius 2 is 0.906 bits per heavy atom. The average Bonchev–Trinajstić information content (AvgIpc) is 2.82. The number of benzene rings is 2. The smallest absolute Gasteiger partial charge is 0.0866 e. The van der Waals surface area contributed by atoms with Crippen molar-refractivity contribution in [3.05, 3.63) is 71.8 Å². The van der Waals surface area contributed by atoms with Crippen molar-refractivity contribution in [2.24, 2.45) is 0 Å². The lowest BCUT2D eigenvalue weighted by atomic mass is 9.91. The van der Waals surface area contributed by atoms with Crippen molar-refractivity contribution in [1.29, 1.82) is 0 Å². The number of quaternary nitrogens is 1. The van der Waals surface area contributed by atoms with Crippen LogP contribution >= 0.6 is 0 Å². The molecule has 0 aliphatic rings. The SMILES string of the molecule is CCCCCCCCCCCCCCCC[NH2+]CC(c1ccccc1)c1ccccc1.[Cl-]. The van der Waals surface area contributed by atoms with Crippen molar-refractivity contribution in [2.45, 2.75) is 103 Å². The Morgan fingerprint density at radius 1 is 0.531 bits per heavy atom. The van der Waals surface area contributed by atoms with Crippen LogP contribution in [0.25, 0.3) is 0 Å². The lowest BCUT2D eigenvalue weighted by Gasteiger charge is -2.16. The molecule has 0 radical (unpaired) electrons. The molecule has 0 spiro atoms. The van der Waals surface area contributed by atoms with Gasteiger partial charge in [0.05, 0.1) is 19.0 Å². The Morgan fingerprint density at radius 3 is 1.31 bits per heavy atom. The zero-order valence-electron chi connectivity index (χ0n) is 20.6. The summed E-state index contributed by atoms with van der Waals surface area (Å²) in [4.78, 5) is 0. The van der Waals surface area contributed by atoms with E-state index in [2.05, 4.69) is 72.9 Å². The van der Waals surface area contributed by atoms with Crippen LogP contribution in [0.4, 0.5) is 0 Å². The fourth-order valence-electron chi connectivity index (χ4n) is 4.60. The maximum atomic E-state index is 2.53. The molecule has 0 unspecified atom stereocenters. The van der Waals surface area contributed by atoms with E-state index in [1.165, 1.54) is 108 Å². The van der Waals surface area contributed by atoms with Crippen LogP contribution in [0.2, 0.25) is 0 Å². The van der Waals surface area contributed by atoms with Gasteiger partial charge in [0.1, 0.15) is 0 Å². The van der Waals surface area contributed by atoms with Crippen LogP contribution < -0.4 is 17.7 Å². The molecule has 32 heavy (non-hydrogen) atoms. The highest BCUT2D eigenvalue weighted by atomic mass is 35.5. The van der Waals surface area contributed by atoms with Gasteiger partial charge in [-0.25, -0.2) is 0 Å². The molecule has 2 rings (SSSR count). The molecule has 0 saturated heterocycles. The Kier molecular flexibility index (Phi) is 18.2. The van der Waals surface area contributed by atoms with Gasteiger partial charge in [-0.15, -0.1) is 0 Å². The lowest BCUT2D eigenvalue weighted by molar-refractivity contribution is -0.656. The van der Waals surface area contributed by atoms with Crippen molar-refractivity contribution in [3.63, 3.8) is 0 Å². The van der Waals surface area contributed by atoms with E-state index >= 15 is 0 Å². The van der Waals surface area contributed by atoms with E-state index in [0.717, 1.165) is 6.54 Å². The second kappa shape index (κ2) is 20.3. The zero-order chi connectivity index (χ0) is 21.8. The lowest BCUT2D eigenvalue weighted by Crippen LogP contribution is -3.00. The third kappa shape index (κ3) is 13.3. The maximum Gasteiger partial charge on any atom is 0.0866 e. The van der Waals surface area contributed by atoms with E-state index in [1.807, 2.05) is 0 Å². The fourth-order valence-corrected chi connectivity index (χ4v) is 4.60. The molecule has 0 aliphatic carbocycles. The summed E-state index contributed by atoms with van der Waals surface area (Å²) >= 11 is 0. The number of rotatable bonds is 19. The van der Waals surface area contributed by atoms with Crippen LogP contribution in [-0.4, -0.2) is 13.1 Å². The quantitative estimate of drug-likeness (QED) is 0.290. The van der Waals surface area contributed by atoms with Crippen LogP contribution in [0, 0.1) is 0 Å². The Labute approximate surface area is 205 Å². The summed E-state index contributed by atoms with van der Waals surface area (Å²) in [5, 5.41) is 2.53. The molecule has 2 aromatic carbocycles. The highest BCUT2D eigenvalue weighted by Crippen LogP contribution is 2.22. The van der Waals surface area contributed by atoms with Crippen molar-refractivity contribution in [3.8, 4) is 0 Å². The third-order valence-corrected chi connectivity index (χ3v) is 6.57. The van der Waals surface area contributed by atoms with E-state index < -0.39 is 0 Å². The van der Waals surface area contributed by atoms with Crippen LogP contribution in [0.5, 0.6) is 0 Å². The highest BCUT2D eigenvalue weighted by molar-refractivity contribution is 5.32. The molecule has 0 atom stereocenters. The van der Waals surface area contributed by atoms with Gasteiger partial charge in [0.2, 0.25) is 0 Å². The molecule has 0 aliphatic heterocycles. The summed E-state index contributed by atoms with van der Waals surface area (Å²) in [6.07, 6.45) is 20.1. The monoisotopic (exact) mass is 457 g/mol. The summed E-state index contributed by atoms with van der Waals surface area (Å²) in [6, 6.07) is 22.0. The Bertz CT molecular complexity index is 588. The predicted octanol–water partition coefficient (Wildman–Crippen LogP) is 4.87. The molecule has 2 heteroatoms. The molecule has 1 nitrogen and oxygen atoms in total. The first-order chi connectivity index (χ1) is 15.4. The summed E-state index contributed by atoms with van der Waals surface area (Å²) in [6.45, 7) is 4.70. The molecule has 0 saturated carbocycles. The van der Waals surface area contributed by atoms with E-state index in [9.17, 15) is 0 Å². The molecule has 0 fully saturated rings. The van der Waals surface area contributed by atoms with E-state index in [-0.39, 0.29) is 12.4 Å². The molecule has 2 aromatic rings. The highest BCUT2D eigenvalue weighted by Gasteiger charge is 2.15. The van der Waals surface area contributed by atoms with Crippen molar-refractivity contribution in [2.75, 3.05) is 13.1 Å². The van der Waals surface area contributed by atoms with Gasteiger partial charge in [0.15, 0.2) is 0 Å². The fraction of sp³-hybridized carbons (Fsp3) is 0.600. The number of hydrogen-bond donors (Lipinski definition) is 1. The topological polar surface area (TPSA) is 16.6 Å². The summed E-state index contributed by atoms with van der Waals surface area (Å²) in [7, 11) is 0. The summed E-state index contributed by atoms with van der Waals surface area (Å²) < 4.78 is 0. The number of hydrogen-bond acceptors (Lipinski definition) is 0. The average molecular weight is 458 g/mol. The van der Waals surface area contributed by atoms with Gasteiger partial charge in [-0.1, -0.05) is 145 Å². The van der Waals surface area contributed by atoms with Crippen LogP contribution in [0.3, 0.4) is 0 Å². The number of unbranched alkanes of at least 4 members (excludes halogenated alkanes) is 13. The number of halogens is 1. The van der Waals surface area contributed by atoms with Gasteiger partial charge in [0, 0.05) is 0 Å². The van der Waals surface area contributed by atoms with Crippen LogP contribution in [-0.2, 0) is 0 Å². The second-order valence-corrected chi connectivity index (χ2v) is 9.28. The normalized spacial score (nSPS) is 10.9. The van der Waals surface area contributed by atoms with Gasteiger partial charge >= 0.3 is 0 Å². The van der Waals surface area contributed by atoms with Crippen molar-refractivity contribution in [1.82, 2.24) is 0 Å². The minimum atomic E-state index is 0. The van der Waals surface area contributed by atoms with E-state index in [4.69, 9.17) is 0 Å². The molecule has 0 bridgehead atoms. The first-order valence-corrected chi connectivity index (χ1v) is 13.3. The third-order valence-electron chi connectivity index (χ3n) is 6.57. The molecule has 180 valence electrons. The predicted molar refractivity (Wildman–Crippen MR) is 137 cm³/mol. The Hall–Kier alpha value is -1.31. The standard InChI is InChI=1S/C30H47N.ClH/c1-2-3-4-5-6-7-8-9-10-11-12-13-14-21-26-31-27-30(28-22-17-15-18-23-28)29-24-19-16-20-25-29;/h15-20,22-25,30-31H,2-14,21,26-27H2,1H3;1H. The van der Waals surface area contributed by atoms with Gasteiger partial charge in [0.25, 0.3) is 0 Å². The molecule has 2 N–H and O–H groups in total. The van der Waals surface area contributed by atoms with Gasteiger partial charge < -0.3 is 17.7 Å². The number of nitrogens with two attached hydrogens (primary N) is 1. The second-order valence-electron chi connectivity index (χ2n) is 9.28. The van der Waals surface area contributed by atoms with Gasteiger partial charge in [-0.3, -0.25) is 0 Å². The van der Waals surface area contributed by atoms with Gasteiger partial charge in [-0.05, 0) is 24.0 Å². The molecular weight excluding hydrogens is 410 g/mol. The largest absolute Gasteiger partial charge is 1.00 e. The Balaban J connectivity index is 0.00000512. The first-order valence-electron chi connectivity index (χ1n) is 13.3. The summed E-state index contributed by atoms with van der Waals surface area (Å²) in [5.41, 5.74) is 2.87. The van der Waals surface area contributed by atoms with E-state index in [1.54, 1.807) is 0 Å². The first kappa shape index (κ1) is 28.7. The van der Waals surface area contributed by atoms with Crippen molar-refractivity contribution < 1.29 is 17.7 Å². The van der Waals surface area contributed by atoms with Gasteiger partial charge in [-0.2, -0.15) is 0 Å². The van der Waals surface area contributed by atoms with Crippen LogP contribution in [0.15, 0.2) is 60.7 Å². The minimum absolute atomic E-state index is 0. The molecule has 0 aromatic heterocycles.